The molecule has 1 heterocycles. The van der Waals surface area contributed by atoms with Crippen molar-refractivity contribution < 1.29 is 27.5 Å². The van der Waals surface area contributed by atoms with Gasteiger partial charge < -0.3 is 15.4 Å². The maximum Gasteiger partial charge on any atom is 0.416 e. The zero-order chi connectivity index (χ0) is 31.0. The number of halogens is 5. The van der Waals surface area contributed by atoms with E-state index < -0.39 is 17.6 Å². The number of nitrogens with zero attached hydrogens (tertiary/aromatic N) is 3. The molecule has 0 aliphatic carbocycles. The third kappa shape index (κ3) is 8.97. The van der Waals surface area contributed by atoms with E-state index in [0.29, 0.717) is 34.6 Å². The van der Waals surface area contributed by atoms with E-state index in [9.17, 15) is 22.8 Å². The van der Waals surface area contributed by atoms with Crippen LogP contribution in [0.1, 0.15) is 41.5 Å². The molecule has 3 aromatic carbocycles. The molecule has 4 aromatic rings. The second-order valence-electron chi connectivity index (χ2n) is 9.15. The molecular weight excluding hydrogens is 671 g/mol. The number of hydrogen-bond acceptors (Lipinski definition) is 6. The molecule has 0 unspecified atom stereocenters. The fourth-order valence-corrected chi connectivity index (χ4v) is 4.97. The van der Waals surface area contributed by atoms with Crippen LogP contribution in [0.4, 0.5) is 18.9 Å². The predicted octanol–water partition coefficient (Wildman–Crippen LogP) is 7.54. The van der Waals surface area contributed by atoms with Gasteiger partial charge in [-0.15, -0.1) is 10.2 Å². The largest absolute Gasteiger partial charge is 0.494 e. The summed E-state index contributed by atoms with van der Waals surface area (Å²) in [4.78, 5) is 25.5. The number of alkyl halides is 3. The Hall–Kier alpha value is -3.55. The molecule has 0 saturated heterocycles. The quantitative estimate of drug-likeness (QED) is 0.117. The first kappa shape index (κ1) is 32.4. The van der Waals surface area contributed by atoms with Crippen molar-refractivity contribution in [1.82, 2.24) is 20.1 Å². The lowest BCUT2D eigenvalue weighted by Gasteiger charge is -2.13. The summed E-state index contributed by atoms with van der Waals surface area (Å²) in [6.07, 6.45) is -2.62. The summed E-state index contributed by atoms with van der Waals surface area (Å²) in [5, 5.41) is 14.0. The van der Waals surface area contributed by atoms with Crippen LogP contribution in [0.3, 0.4) is 0 Å². The van der Waals surface area contributed by atoms with Crippen LogP contribution in [0.15, 0.2) is 76.4 Å². The maximum absolute atomic E-state index is 13.1. The summed E-state index contributed by atoms with van der Waals surface area (Å²) in [6, 6.07) is 16.8. The molecule has 0 aliphatic heterocycles. The van der Waals surface area contributed by atoms with Crippen LogP contribution in [0, 0.1) is 0 Å². The Morgan fingerprint density at radius 2 is 1.77 bits per heavy atom. The number of rotatable bonds is 12. The normalized spacial score (nSPS) is 11.3. The van der Waals surface area contributed by atoms with E-state index in [2.05, 4.69) is 43.7 Å². The van der Waals surface area contributed by atoms with Gasteiger partial charge in [0.05, 0.1) is 35.2 Å². The molecule has 226 valence electrons. The van der Waals surface area contributed by atoms with Crippen LogP contribution in [-0.4, -0.2) is 38.9 Å². The number of anilines is 1. The Kier molecular flexibility index (Phi) is 11.1. The van der Waals surface area contributed by atoms with E-state index in [1.165, 1.54) is 0 Å². The number of ether oxygens (including phenoxy) is 1. The van der Waals surface area contributed by atoms with E-state index in [1.807, 2.05) is 24.3 Å². The summed E-state index contributed by atoms with van der Waals surface area (Å²) in [6.45, 7) is 2.71. The van der Waals surface area contributed by atoms with Crippen molar-refractivity contribution in [2.24, 2.45) is 0 Å². The van der Waals surface area contributed by atoms with Gasteiger partial charge in [-0.2, -0.15) is 13.2 Å². The fraction of sp³-hybridized carbons (Fsp3) is 0.241. The molecule has 2 amide bonds. The highest BCUT2D eigenvalue weighted by molar-refractivity contribution is 9.10. The monoisotopic (exact) mass is 695 g/mol. The minimum absolute atomic E-state index is 0.0268. The van der Waals surface area contributed by atoms with E-state index >= 15 is 0 Å². The first-order valence-electron chi connectivity index (χ1n) is 13.1. The van der Waals surface area contributed by atoms with E-state index in [-0.39, 0.29) is 28.9 Å². The number of benzene rings is 3. The lowest BCUT2D eigenvalue weighted by molar-refractivity contribution is -0.137. The fourth-order valence-electron chi connectivity index (χ4n) is 3.77. The number of unbranched alkanes of at least 4 members (excludes halogenated alkanes) is 1. The summed E-state index contributed by atoms with van der Waals surface area (Å²) in [5.74, 6) is -0.0223. The minimum Gasteiger partial charge on any atom is -0.494 e. The van der Waals surface area contributed by atoms with Gasteiger partial charge in [-0.1, -0.05) is 52.6 Å². The molecule has 0 aliphatic rings. The van der Waals surface area contributed by atoms with Gasteiger partial charge >= 0.3 is 6.18 Å². The Morgan fingerprint density at radius 3 is 2.44 bits per heavy atom. The predicted molar refractivity (Wildman–Crippen MR) is 163 cm³/mol. The van der Waals surface area contributed by atoms with Crippen molar-refractivity contribution in [2.45, 2.75) is 37.6 Å². The standard InChI is InChI=1S/C29H26BrClF3N5O3S/c1-2-3-14-42-22-11-4-18(5-12-22)27(41)35-16-25-37-38-28(39(25)21-9-7-20(30)8-10-21)43-17-26(40)36-24-15-19(29(32,33)34)6-13-23(24)31/h4-13,15H,2-3,14,16-17H2,1H3,(H,35,41)(H,36,40). The highest BCUT2D eigenvalue weighted by Gasteiger charge is 2.31. The SMILES string of the molecule is CCCCOc1ccc(C(=O)NCc2nnc(SCC(=O)Nc3cc(C(F)(F)F)ccc3Cl)n2-c2ccc(Br)cc2)cc1. The first-order chi connectivity index (χ1) is 20.5. The Bertz CT molecular complexity index is 1570. The molecule has 0 atom stereocenters. The molecular formula is C29H26BrClF3N5O3S. The van der Waals surface area contributed by atoms with Gasteiger partial charge in [0.2, 0.25) is 5.91 Å². The van der Waals surface area contributed by atoms with E-state index in [0.717, 1.165) is 47.3 Å². The lowest BCUT2D eigenvalue weighted by atomic mass is 10.2. The van der Waals surface area contributed by atoms with E-state index in [4.69, 9.17) is 16.3 Å². The van der Waals surface area contributed by atoms with Gasteiger partial charge in [0.1, 0.15) is 5.75 Å². The number of hydrogen-bond donors (Lipinski definition) is 2. The Labute approximate surface area is 263 Å². The van der Waals surface area contributed by atoms with Crippen LogP contribution in [0.5, 0.6) is 5.75 Å². The first-order valence-corrected chi connectivity index (χ1v) is 15.2. The summed E-state index contributed by atoms with van der Waals surface area (Å²) < 4.78 is 47.5. The molecule has 2 N–H and O–H groups in total. The molecule has 4 rings (SSSR count). The smallest absolute Gasteiger partial charge is 0.416 e. The topological polar surface area (TPSA) is 98.1 Å². The van der Waals surface area contributed by atoms with Gasteiger partial charge in [-0.25, -0.2) is 0 Å². The number of thioether (sulfide) groups is 1. The average Bonchev–Trinajstić information content (AvgIpc) is 3.39. The molecule has 43 heavy (non-hydrogen) atoms. The van der Waals surface area contributed by atoms with Crippen LogP contribution in [-0.2, 0) is 17.5 Å². The third-order valence-electron chi connectivity index (χ3n) is 5.98. The Balaban J connectivity index is 1.45. The number of carbonyl (C=O) groups excluding carboxylic acids is 2. The highest BCUT2D eigenvalue weighted by Crippen LogP contribution is 2.34. The van der Waals surface area contributed by atoms with Crippen LogP contribution < -0.4 is 15.4 Å². The van der Waals surface area contributed by atoms with Gasteiger partial charge in [0, 0.05) is 15.7 Å². The van der Waals surface area contributed by atoms with Crippen molar-refractivity contribution in [2.75, 3.05) is 17.7 Å². The van der Waals surface area contributed by atoms with Gasteiger partial charge in [-0.05, 0) is 73.2 Å². The zero-order valence-electron chi connectivity index (χ0n) is 22.8. The second kappa shape index (κ2) is 14.8. The molecule has 1 aromatic heterocycles. The van der Waals surface area contributed by atoms with Crippen LogP contribution in [0.2, 0.25) is 5.02 Å². The van der Waals surface area contributed by atoms with Crippen molar-refractivity contribution in [3.8, 4) is 11.4 Å². The third-order valence-corrected chi connectivity index (χ3v) is 7.76. The maximum atomic E-state index is 13.1. The molecule has 0 spiro atoms. The number of amides is 2. The highest BCUT2D eigenvalue weighted by atomic mass is 79.9. The number of carbonyl (C=O) groups is 2. The lowest BCUT2D eigenvalue weighted by Crippen LogP contribution is -2.24. The van der Waals surface area contributed by atoms with Crippen molar-refractivity contribution in [1.29, 1.82) is 0 Å². The number of nitrogens with one attached hydrogen (secondary N) is 2. The van der Waals surface area contributed by atoms with Crippen LogP contribution >= 0.6 is 39.3 Å². The summed E-state index contributed by atoms with van der Waals surface area (Å²) in [7, 11) is 0. The molecule has 0 saturated carbocycles. The Morgan fingerprint density at radius 1 is 1.05 bits per heavy atom. The molecule has 14 heteroatoms. The van der Waals surface area contributed by atoms with Gasteiger partial charge in [-0.3, -0.25) is 14.2 Å². The summed E-state index contributed by atoms with van der Waals surface area (Å²) in [5.41, 5.74) is 0.0325. The van der Waals surface area contributed by atoms with Crippen molar-refractivity contribution >= 4 is 56.8 Å². The molecule has 0 bridgehead atoms. The molecule has 0 radical (unpaired) electrons. The van der Waals surface area contributed by atoms with E-state index in [1.54, 1.807) is 28.8 Å². The summed E-state index contributed by atoms with van der Waals surface area (Å²) >= 11 is 10.4. The van der Waals surface area contributed by atoms with Crippen LogP contribution in [0.25, 0.3) is 5.69 Å². The second-order valence-corrected chi connectivity index (χ2v) is 11.4. The molecule has 0 fully saturated rings. The van der Waals surface area contributed by atoms with Gasteiger partial charge in [0.25, 0.3) is 5.91 Å². The minimum atomic E-state index is -4.59. The van der Waals surface area contributed by atoms with Gasteiger partial charge in [0.15, 0.2) is 11.0 Å². The van der Waals surface area contributed by atoms with Crippen molar-refractivity contribution in [3.63, 3.8) is 0 Å². The van der Waals surface area contributed by atoms with Crippen molar-refractivity contribution in [3.05, 3.63) is 93.2 Å². The zero-order valence-corrected chi connectivity index (χ0v) is 25.9. The number of aromatic nitrogens is 3. The molecule has 8 nitrogen and oxygen atoms in total. The average molecular weight is 697 g/mol.